The van der Waals surface area contributed by atoms with Gasteiger partial charge in [0.1, 0.15) is 5.76 Å². The molecule has 3 heteroatoms. The Hall–Kier alpha value is -0.800. The molecule has 3 nitrogen and oxygen atoms in total. The second-order valence-electron chi connectivity index (χ2n) is 4.29. The highest BCUT2D eigenvalue weighted by atomic mass is 16.3. The zero-order valence-electron chi connectivity index (χ0n) is 9.38. The molecule has 0 radical (unpaired) electrons. The molecule has 0 aromatic carbocycles. The molecule has 2 N–H and O–H groups in total. The van der Waals surface area contributed by atoms with Gasteiger partial charge in [-0.2, -0.15) is 0 Å². The molecule has 0 saturated carbocycles. The molecule has 2 heterocycles. The molecule has 15 heavy (non-hydrogen) atoms. The van der Waals surface area contributed by atoms with Crippen molar-refractivity contribution in [2.75, 3.05) is 13.1 Å². The molecule has 1 aliphatic heterocycles. The lowest BCUT2D eigenvalue weighted by atomic mass is 10.1. The fourth-order valence-corrected chi connectivity index (χ4v) is 2.05. The SMILES string of the molecule is Cc1ccoc1CNC1CCCNCC1. The molecular weight excluding hydrogens is 188 g/mol. The van der Waals surface area contributed by atoms with Crippen molar-refractivity contribution in [1.82, 2.24) is 10.6 Å². The first kappa shape index (κ1) is 10.7. The second kappa shape index (κ2) is 5.33. The lowest BCUT2D eigenvalue weighted by Gasteiger charge is -2.14. The van der Waals surface area contributed by atoms with Crippen molar-refractivity contribution >= 4 is 0 Å². The van der Waals surface area contributed by atoms with Crippen LogP contribution in [-0.2, 0) is 6.54 Å². The van der Waals surface area contributed by atoms with Gasteiger partial charge < -0.3 is 15.1 Å². The molecule has 1 aromatic rings. The van der Waals surface area contributed by atoms with E-state index >= 15 is 0 Å². The van der Waals surface area contributed by atoms with Gasteiger partial charge in [0.05, 0.1) is 12.8 Å². The van der Waals surface area contributed by atoms with Crippen LogP contribution in [0.15, 0.2) is 16.7 Å². The summed E-state index contributed by atoms with van der Waals surface area (Å²) in [4.78, 5) is 0. The minimum Gasteiger partial charge on any atom is -0.468 e. The van der Waals surface area contributed by atoms with Crippen LogP contribution in [-0.4, -0.2) is 19.1 Å². The van der Waals surface area contributed by atoms with E-state index in [1.165, 1.54) is 24.8 Å². The summed E-state index contributed by atoms with van der Waals surface area (Å²) in [6.45, 7) is 5.26. The third-order valence-corrected chi connectivity index (χ3v) is 3.10. The number of aryl methyl sites for hydroxylation is 1. The predicted molar refractivity (Wildman–Crippen MR) is 60.8 cm³/mol. The Morgan fingerprint density at radius 3 is 3.20 bits per heavy atom. The van der Waals surface area contributed by atoms with E-state index in [4.69, 9.17) is 4.42 Å². The smallest absolute Gasteiger partial charge is 0.120 e. The topological polar surface area (TPSA) is 37.2 Å². The molecule has 1 atom stereocenters. The highest BCUT2D eigenvalue weighted by molar-refractivity contribution is 5.14. The molecule has 0 aliphatic carbocycles. The average molecular weight is 208 g/mol. The monoisotopic (exact) mass is 208 g/mol. The van der Waals surface area contributed by atoms with E-state index in [9.17, 15) is 0 Å². The van der Waals surface area contributed by atoms with Crippen LogP contribution in [0.4, 0.5) is 0 Å². The normalized spacial score (nSPS) is 22.6. The molecule has 1 saturated heterocycles. The van der Waals surface area contributed by atoms with Crippen molar-refractivity contribution in [3.63, 3.8) is 0 Å². The van der Waals surface area contributed by atoms with Gasteiger partial charge in [-0.05, 0) is 50.9 Å². The predicted octanol–water partition coefficient (Wildman–Crippen LogP) is 1.82. The van der Waals surface area contributed by atoms with Crippen LogP contribution in [0.3, 0.4) is 0 Å². The fourth-order valence-electron chi connectivity index (χ4n) is 2.05. The van der Waals surface area contributed by atoms with Gasteiger partial charge in [0, 0.05) is 6.04 Å². The van der Waals surface area contributed by atoms with E-state index in [0.29, 0.717) is 6.04 Å². The molecular formula is C12H20N2O. The quantitative estimate of drug-likeness (QED) is 0.795. The summed E-state index contributed by atoms with van der Waals surface area (Å²) in [5, 5.41) is 6.99. The maximum absolute atomic E-state index is 5.41. The van der Waals surface area contributed by atoms with Gasteiger partial charge in [0.25, 0.3) is 0 Å². The second-order valence-corrected chi connectivity index (χ2v) is 4.29. The van der Waals surface area contributed by atoms with E-state index in [0.717, 1.165) is 25.4 Å². The minimum absolute atomic E-state index is 0.643. The van der Waals surface area contributed by atoms with Gasteiger partial charge in [-0.15, -0.1) is 0 Å². The van der Waals surface area contributed by atoms with Crippen LogP contribution in [0.5, 0.6) is 0 Å². The van der Waals surface area contributed by atoms with Gasteiger partial charge in [-0.1, -0.05) is 0 Å². The number of nitrogens with one attached hydrogen (secondary N) is 2. The van der Waals surface area contributed by atoms with Crippen LogP contribution in [0.2, 0.25) is 0 Å². The molecule has 0 bridgehead atoms. The number of hydrogen-bond donors (Lipinski definition) is 2. The van der Waals surface area contributed by atoms with Crippen LogP contribution < -0.4 is 10.6 Å². The first-order chi connectivity index (χ1) is 7.36. The summed E-state index contributed by atoms with van der Waals surface area (Å²) in [6, 6.07) is 2.66. The summed E-state index contributed by atoms with van der Waals surface area (Å²) >= 11 is 0. The van der Waals surface area contributed by atoms with E-state index in [-0.39, 0.29) is 0 Å². The van der Waals surface area contributed by atoms with Crippen molar-refractivity contribution < 1.29 is 4.42 Å². The van der Waals surface area contributed by atoms with E-state index in [1.54, 1.807) is 6.26 Å². The van der Waals surface area contributed by atoms with Gasteiger partial charge >= 0.3 is 0 Å². The van der Waals surface area contributed by atoms with Gasteiger partial charge in [-0.3, -0.25) is 0 Å². The lowest BCUT2D eigenvalue weighted by Crippen LogP contribution is -2.29. The zero-order valence-corrected chi connectivity index (χ0v) is 9.38. The Morgan fingerprint density at radius 1 is 1.47 bits per heavy atom. The fraction of sp³-hybridized carbons (Fsp3) is 0.667. The molecule has 1 aliphatic rings. The maximum atomic E-state index is 5.41. The standard InChI is InChI=1S/C12H20N2O/c1-10-5-8-15-12(10)9-14-11-3-2-6-13-7-4-11/h5,8,11,13-14H,2-4,6-7,9H2,1H3. The lowest BCUT2D eigenvalue weighted by molar-refractivity contribution is 0.420. The molecule has 1 fully saturated rings. The molecule has 1 unspecified atom stereocenters. The van der Waals surface area contributed by atoms with Crippen molar-refractivity contribution in [3.8, 4) is 0 Å². The summed E-state index contributed by atoms with van der Waals surface area (Å²) < 4.78 is 5.41. The Kier molecular flexibility index (Phi) is 3.80. The van der Waals surface area contributed by atoms with Crippen molar-refractivity contribution in [2.24, 2.45) is 0 Å². The van der Waals surface area contributed by atoms with Gasteiger partial charge in [0.15, 0.2) is 0 Å². The van der Waals surface area contributed by atoms with E-state index in [2.05, 4.69) is 17.6 Å². The Balaban J connectivity index is 1.79. The Morgan fingerprint density at radius 2 is 2.40 bits per heavy atom. The first-order valence-electron chi connectivity index (χ1n) is 5.83. The average Bonchev–Trinajstić information content (AvgIpc) is 2.53. The summed E-state index contributed by atoms with van der Waals surface area (Å²) in [5.41, 5.74) is 1.24. The Labute approximate surface area is 91.2 Å². The van der Waals surface area contributed by atoms with E-state index < -0.39 is 0 Å². The minimum atomic E-state index is 0.643. The number of furan rings is 1. The third kappa shape index (κ3) is 3.08. The van der Waals surface area contributed by atoms with Crippen molar-refractivity contribution in [1.29, 1.82) is 0 Å². The van der Waals surface area contributed by atoms with Gasteiger partial charge in [0.2, 0.25) is 0 Å². The van der Waals surface area contributed by atoms with Crippen LogP contribution in [0.25, 0.3) is 0 Å². The molecule has 1 aromatic heterocycles. The largest absolute Gasteiger partial charge is 0.468 e. The molecule has 84 valence electrons. The zero-order chi connectivity index (χ0) is 10.5. The van der Waals surface area contributed by atoms with Crippen LogP contribution >= 0.6 is 0 Å². The Bertz CT molecular complexity index is 288. The van der Waals surface area contributed by atoms with E-state index in [1.807, 2.05) is 6.07 Å². The van der Waals surface area contributed by atoms with Crippen LogP contribution in [0.1, 0.15) is 30.6 Å². The first-order valence-corrected chi connectivity index (χ1v) is 5.83. The number of rotatable bonds is 3. The summed E-state index contributed by atoms with van der Waals surface area (Å²) in [7, 11) is 0. The maximum Gasteiger partial charge on any atom is 0.120 e. The van der Waals surface area contributed by atoms with Crippen molar-refractivity contribution in [3.05, 3.63) is 23.7 Å². The number of hydrogen-bond acceptors (Lipinski definition) is 3. The summed E-state index contributed by atoms with van der Waals surface area (Å²) in [6.07, 6.45) is 5.53. The molecule has 0 amide bonds. The molecule has 2 rings (SSSR count). The summed E-state index contributed by atoms with van der Waals surface area (Å²) in [5.74, 6) is 1.08. The van der Waals surface area contributed by atoms with Crippen molar-refractivity contribution in [2.45, 2.75) is 38.8 Å². The highest BCUT2D eigenvalue weighted by Crippen LogP contribution is 2.10. The highest BCUT2D eigenvalue weighted by Gasteiger charge is 2.12. The van der Waals surface area contributed by atoms with Crippen LogP contribution in [0, 0.1) is 6.92 Å². The molecule has 0 spiro atoms. The van der Waals surface area contributed by atoms with Gasteiger partial charge in [-0.25, -0.2) is 0 Å². The third-order valence-electron chi connectivity index (χ3n) is 3.10.